The number of H-pyrrole nitrogens is 1. The first-order chi connectivity index (χ1) is 8.52. The van der Waals surface area contributed by atoms with Crippen LogP contribution in [0.5, 0.6) is 0 Å². The van der Waals surface area contributed by atoms with Gasteiger partial charge in [-0.25, -0.2) is 0 Å². The van der Waals surface area contributed by atoms with Crippen LogP contribution in [0, 0.1) is 11.3 Å². The molecule has 0 aliphatic carbocycles. The number of hydrogen-bond acceptors (Lipinski definition) is 4. The second kappa shape index (κ2) is 5.26. The van der Waals surface area contributed by atoms with Gasteiger partial charge in [0.1, 0.15) is 5.82 Å². The highest BCUT2D eigenvalue weighted by Gasteiger charge is 2.31. The van der Waals surface area contributed by atoms with E-state index in [1.807, 2.05) is 0 Å². The number of nitrogens with two attached hydrogens (primary N) is 1. The molecule has 0 bridgehead atoms. The Balaban J connectivity index is 2.04. The first-order valence-corrected chi connectivity index (χ1v) is 6.89. The topological polar surface area (TPSA) is 70.8 Å². The highest BCUT2D eigenvalue weighted by molar-refractivity contribution is 5.30. The lowest BCUT2D eigenvalue weighted by Gasteiger charge is -2.39. The van der Waals surface area contributed by atoms with Gasteiger partial charge < -0.3 is 10.6 Å². The molecule has 3 N–H and O–H groups in total. The van der Waals surface area contributed by atoms with Crippen LogP contribution in [-0.4, -0.2) is 34.8 Å². The van der Waals surface area contributed by atoms with Gasteiger partial charge in [0.15, 0.2) is 0 Å². The maximum atomic E-state index is 5.87. The third kappa shape index (κ3) is 3.02. The third-order valence-electron chi connectivity index (χ3n) is 3.68. The van der Waals surface area contributed by atoms with Crippen LogP contribution in [0.15, 0.2) is 0 Å². The second-order valence-corrected chi connectivity index (χ2v) is 6.22. The molecule has 102 valence electrons. The van der Waals surface area contributed by atoms with E-state index in [2.05, 4.69) is 40.9 Å². The molecule has 0 radical (unpaired) electrons. The number of rotatable bonds is 4. The average molecular weight is 251 g/mol. The van der Waals surface area contributed by atoms with E-state index in [9.17, 15) is 0 Å². The predicted molar refractivity (Wildman–Crippen MR) is 73.5 cm³/mol. The average Bonchev–Trinajstić information content (AvgIpc) is 2.77. The predicted octanol–water partition coefficient (Wildman–Crippen LogP) is 1.57. The van der Waals surface area contributed by atoms with Gasteiger partial charge in [-0.15, -0.1) is 5.10 Å². The SMILES string of the molecule is CC(C)Cc1nc(N2CCCC(C)(CN)C2)n[nH]1. The van der Waals surface area contributed by atoms with Crippen LogP contribution in [0.2, 0.25) is 0 Å². The summed E-state index contributed by atoms with van der Waals surface area (Å²) in [5.41, 5.74) is 6.08. The van der Waals surface area contributed by atoms with E-state index in [4.69, 9.17) is 5.73 Å². The molecule has 1 unspecified atom stereocenters. The lowest BCUT2D eigenvalue weighted by Crippen LogP contribution is -2.46. The van der Waals surface area contributed by atoms with Crippen molar-refractivity contribution in [2.75, 3.05) is 24.5 Å². The molecule has 5 nitrogen and oxygen atoms in total. The molecule has 1 fully saturated rings. The molecule has 0 amide bonds. The van der Waals surface area contributed by atoms with Crippen molar-refractivity contribution in [1.82, 2.24) is 15.2 Å². The monoisotopic (exact) mass is 251 g/mol. The van der Waals surface area contributed by atoms with Gasteiger partial charge in [0.05, 0.1) is 0 Å². The largest absolute Gasteiger partial charge is 0.339 e. The van der Waals surface area contributed by atoms with E-state index in [1.54, 1.807) is 0 Å². The minimum absolute atomic E-state index is 0.205. The van der Waals surface area contributed by atoms with Gasteiger partial charge in [-0.3, -0.25) is 5.10 Å². The van der Waals surface area contributed by atoms with Crippen molar-refractivity contribution >= 4 is 5.95 Å². The number of nitrogens with one attached hydrogen (secondary N) is 1. The Morgan fingerprint density at radius 2 is 2.28 bits per heavy atom. The molecule has 18 heavy (non-hydrogen) atoms. The third-order valence-corrected chi connectivity index (χ3v) is 3.68. The summed E-state index contributed by atoms with van der Waals surface area (Å²) in [6.07, 6.45) is 3.32. The van der Waals surface area contributed by atoms with E-state index in [0.29, 0.717) is 5.92 Å². The zero-order valence-corrected chi connectivity index (χ0v) is 11.7. The lowest BCUT2D eigenvalue weighted by atomic mass is 9.82. The lowest BCUT2D eigenvalue weighted by molar-refractivity contribution is 0.270. The van der Waals surface area contributed by atoms with Gasteiger partial charge in [0.25, 0.3) is 0 Å². The number of anilines is 1. The van der Waals surface area contributed by atoms with E-state index >= 15 is 0 Å². The molecule has 0 saturated carbocycles. The summed E-state index contributed by atoms with van der Waals surface area (Å²) >= 11 is 0. The summed E-state index contributed by atoms with van der Waals surface area (Å²) in [5, 5.41) is 7.39. The molecule has 1 saturated heterocycles. The van der Waals surface area contributed by atoms with Crippen LogP contribution >= 0.6 is 0 Å². The van der Waals surface area contributed by atoms with E-state index < -0.39 is 0 Å². The molecule has 2 rings (SSSR count). The molecule has 1 aliphatic rings. The van der Waals surface area contributed by atoms with Gasteiger partial charge in [-0.2, -0.15) is 4.98 Å². The standard InChI is InChI=1S/C13H25N5/c1-10(2)7-11-15-12(17-16-11)18-6-4-5-13(3,8-14)9-18/h10H,4-9,14H2,1-3H3,(H,15,16,17). The Bertz CT molecular complexity index is 386. The van der Waals surface area contributed by atoms with Gasteiger partial charge in [-0.05, 0) is 30.7 Å². The number of aromatic nitrogens is 3. The van der Waals surface area contributed by atoms with Gasteiger partial charge in [-0.1, -0.05) is 20.8 Å². The molecule has 2 heterocycles. The maximum absolute atomic E-state index is 5.87. The Morgan fingerprint density at radius 3 is 2.94 bits per heavy atom. The van der Waals surface area contributed by atoms with Crippen LogP contribution in [0.3, 0.4) is 0 Å². The number of nitrogens with zero attached hydrogens (tertiary/aromatic N) is 3. The smallest absolute Gasteiger partial charge is 0.244 e. The Labute approximate surface area is 109 Å². The van der Waals surface area contributed by atoms with Crippen molar-refractivity contribution in [2.45, 2.75) is 40.0 Å². The minimum Gasteiger partial charge on any atom is -0.339 e. The van der Waals surface area contributed by atoms with Gasteiger partial charge in [0, 0.05) is 19.5 Å². The number of hydrogen-bond donors (Lipinski definition) is 2. The highest BCUT2D eigenvalue weighted by Crippen LogP contribution is 2.29. The quantitative estimate of drug-likeness (QED) is 0.852. The fourth-order valence-corrected chi connectivity index (χ4v) is 2.56. The van der Waals surface area contributed by atoms with Crippen molar-refractivity contribution in [2.24, 2.45) is 17.1 Å². The van der Waals surface area contributed by atoms with Gasteiger partial charge >= 0.3 is 0 Å². The van der Waals surface area contributed by atoms with E-state index in [-0.39, 0.29) is 5.41 Å². The molecule has 1 aromatic heterocycles. The molecular formula is C13H25N5. The molecule has 1 aliphatic heterocycles. The van der Waals surface area contributed by atoms with Crippen LogP contribution in [-0.2, 0) is 6.42 Å². The fourth-order valence-electron chi connectivity index (χ4n) is 2.56. The minimum atomic E-state index is 0.205. The zero-order valence-electron chi connectivity index (χ0n) is 11.7. The maximum Gasteiger partial charge on any atom is 0.244 e. The highest BCUT2D eigenvalue weighted by atomic mass is 15.4. The van der Waals surface area contributed by atoms with Crippen molar-refractivity contribution in [3.63, 3.8) is 0 Å². The summed E-state index contributed by atoms with van der Waals surface area (Å²) in [6.45, 7) is 9.35. The van der Waals surface area contributed by atoms with E-state index in [1.165, 1.54) is 12.8 Å². The second-order valence-electron chi connectivity index (χ2n) is 6.22. The summed E-state index contributed by atoms with van der Waals surface area (Å²) in [7, 11) is 0. The fraction of sp³-hybridized carbons (Fsp3) is 0.846. The summed E-state index contributed by atoms with van der Waals surface area (Å²) in [6, 6.07) is 0. The Morgan fingerprint density at radius 1 is 1.50 bits per heavy atom. The molecule has 0 aromatic carbocycles. The first kappa shape index (κ1) is 13.3. The van der Waals surface area contributed by atoms with Crippen molar-refractivity contribution in [3.05, 3.63) is 5.82 Å². The summed E-state index contributed by atoms with van der Waals surface area (Å²) in [4.78, 5) is 6.85. The molecular weight excluding hydrogens is 226 g/mol. The Hall–Kier alpha value is -1.10. The van der Waals surface area contributed by atoms with Gasteiger partial charge in [0.2, 0.25) is 5.95 Å². The summed E-state index contributed by atoms with van der Waals surface area (Å²) in [5.74, 6) is 2.42. The number of aromatic amines is 1. The molecule has 5 heteroatoms. The number of piperidine rings is 1. The van der Waals surface area contributed by atoms with Crippen molar-refractivity contribution in [1.29, 1.82) is 0 Å². The van der Waals surface area contributed by atoms with Crippen LogP contribution in [0.25, 0.3) is 0 Å². The molecule has 1 aromatic rings. The first-order valence-electron chi connectivity index (χ1n) is 6.89. The van der Waals surface area contributed by atoms with Crippen molar-refractivity contribution < 1.29 is 0 Å². The normalized spacial score (nSPS) is 24.8. The van der Waals surface area contributed by atoms with E-state index in [0.717, 1.165) is 37.8 Å². The van der Waals surface area contributed by atoms with Crippen LogP contribution in [0.1, 0.15) is 39.4 Å². The Kier molecular flexibility index (Phi) is 3.90. The molecule has 1 atom stereocenters. The van der Waals surface area contributed by atoms with Crippen molar-refractivity contribution in [3.8, 4) is 0 Å². The summed E-state index contributed by atoms with van der Waals surface area (Å²) < 4.78 is 0. The molecule has 0 spiro atoms. The van der Waals surface area contributed by atoms with Crippen LogP contribution in [0.4, 0.5) is 5.95 Å². The zero-order chi connectivity index (χ0) is 13.2. The van der Waals surface area contributed by atoms with Crippen LogP contribution < -0.4 is 10.6 Å².